The van der Waals surface area contributed by atoms with Gasteiger partial charge in [-0.3, -0.25) is 4.79 Å². The highest BCUT2D eigenvalue weighted by atomic mass is 16.8. The van der Waals surface area contributed by atoms with Crippen LogP contribution in [0.1, 0.15) is 11.1 Å². The molecule has 0 aliphatic heterocycles. The smallest absolute Gasteiger partial charge is 0.283 e. The average Bonchev–Trinajstić information content (AvgIpc) is 2.37. The van der Waals surface area contributed by atoms with Gasteiger partial charge in [-0.25, -0.2) is 0 Å². The van der Waals surface area contributed by atoms with Gasteiger partial charge >= 0.3 is 0 Å². The lowest BCUT2D eigenvalue weighted by molar-refractivity contribution is -0.0369. The fourth-order valence-corrected chi connectivity index (χ4v) is 1.94. The van der Waals surface area contributed by atoms with Gasteiger partial charge in [0.25, 0.3) is 5.56 Å². The topological polar surface area (TPSA) is 40.5 Å². The van der Waals surface area contributed by atoms with Crippen molar-refractivity contribution in [3.05, 3.63) is 52.3 Å². The van der Waals surface area contributed by atoms with Crippen LogP contribution in [0.25, 0.3) is 17.0 Å². The predicted molar refractivity (Wildman–Crippen MR) is 71.5 cm³/mol. The number of aryl methyl sites for hydroxylation is 1. The third-order valence-electron chi connectivity index (χ3n) is 2.80. The number of hydrogen-bond acceptors (Lipinski definition) is 3. The van der Waals surface area contributed by atoms with Crippen molar-refractivity contribution in [1.29, 1.82) is 0 Å². The van der Waals surface area contributed by atoms with Crippen molar-refractivity contribution in [2.45, 2.75) is 6.92 Å². The van der Waals surface area contributed by atoms with Crippen molar-refractivity contribution in [3.8, 4) is 0 Å². The van der Waals surface area contributed by atoms with Crippen molar-refractivity contribution in [2.24, 2.45) is 0 Å². The molecule has 0 aliphatic rings. The van der Waals surface area contributed by atoms with E-state index < -0.39 is 0 Å². The minimum atomic E-state index is -0.224. The van der Waals surface area contributed by atoms with E-state index in [1.807, 2.05) is 19.1 Å². The lowest BCUT2D eigenvalue weighted by Crippen LogP contribution is -2.27. The summed E-state index contributed by atoms with van der Waals surface area (Å²) in [5.41, 5.74) is 2.59. The van der Waals surface area contributed by atoms with Crippen LogP contribution in [0.4, 0.5) is 0 Å². The van der Waals surface area contributed by atoms with Gasteiger partial charge in [-0.2, -0.15) is 0 Å². The van der Waals surface area contributed by atoms with Crippen LogP contribution in [0.15, 0.2) is 35.6 Å². The lowest BCUT2D eigenvalue weighted by Gasteiger charge is -2.12. The number of aromatic nitrogens is 1. The first-order valence-corrected chi connectivity index (χ1v) is 5.59. The quantitative estimate of drug-likeness (QED) is 0.773. The number of ether oxygens (including phenoxy) is 1. The fraction of sp³-hybridized carbons (Fsp3) is 0.214. The van der Waals surface area contributed by atoms with Crippen molar-refractivity contribution >= 4 is 17.0 Å². The van der Waals surface area contributed by atoms with Gasteiger partial charge in [0, 0.05) is 18.6 Å². The molecule has 4 nitrogen and oxygen atoms in total. The second-order valence-corrected chi connectivity index (χ2v) is 3.93. The molecule has 0 atom stereocenters. The molecule has 1 aromatic carbocycles. The second-order valence-electron chi connectivity index (χ2n) is 3.93. The standard InChI is InChI=1S/C14H15NO3/c1-4-11-10(2)5-7-13-12(11)6-8-14(16)15(13)18-9-17-3/h4-8H,1,9H2,2-3H3. The zero-order chi connectivity index (χ0) is 13.1. The monoisotopic (exact) mass is 245 g/mol. The van der Waals surface area contributed by atoms with E-state index in [1.54, 1.807) is 12.1 Å². The third kappa shape index (κ3) is 2.02. The molecule has 0 radical (unpaired) electrons. The highest BCUT2D eigenvalue weighted by molar-refractivity contribution is 5.89. The van der Waals surface area contributed by atoms with Crippen LogP contribution < -0.4 is 10.4 Å². The van der Waals surface area contributed by atoms with Crippen LogP contribution in [0.2, 0.25) is 0 Å². The Balaban J connectivity index is 2.74. The van der Waals surface area contributed by atoms with Crippen LogP contribution in [0, 0.1) is 6.92 Å². The van der Waals surface area contributed by atoms with E-state index in [-0.39, 0.29) is 12.4 Å². The summed E-state index contributed by atoms with van der Waals surface area (Å²) in [5, 5.41) is 0.931. The van der Waals surface area contributed by atoms with E-state index in [0.29, 0.717) is 5.52 Å². The van der Waals surface area contributed by atoms with Gasteiger partial charge in [-0.05, 0) is 30.2 Å². The molecule has 0 saturated carbocycles. The van der Waals surface area contributed by atoms with Crippen molar-refractivity contribution in [1.82, 2.24) is 4.73 Å². The maximum absolute atomic E-state index is 11.8. The van der Waals surface area contributed by atoms with Gasteiger partial charge in [0.2, 0.25) is 6.79 Å². The molecule has 1 aromatic heterocycles. The van der Waals surface area contributed by atoms with Crippen molar-refractivity contribution in [2.75, 3.05) is 13.9 Å². The Bertz CT molecular complexity index is 643. The van der Waals surface area contributed by atoms with Crippen LogP contribution in [-0.2, 0) is 4.74 Å². The van der Waals surface area contributed by atoms with Gasteiger partial charge in [0.05, 0.1) is 5.52 Å². The SMILES string of the molecule is C=Cc1c(C)ccc2c1ccc(=O)n2OCOC. The van der Waals surface area contributed by atoms with E-state index in [9.17, 15) is 4.79 Å². The van der Waals surface area contributed by atoms with Crippen LogP contribution in [-0.4, -0.2) is 18.6 Å². The molecule has 0 saturated heterocycles. The number of benzene rings is 1. The van der Waals surface area contributed by atoms with Crippen LogP contribution in [0.5, 0.6) is 0 Å². The van der Waals surface area contributed by atoms with E-state index in [2.05, 4.69) is 6.58 Å². The summed E-state index contributed by atoms with van der Waals surface area (Å²) >= 11 is 0. The maximum Gasteiger partial charge on any atom is 0.283 e. The molecule has 2 rings (SSSR count). The summed E-state index contributed by atoms with van der Waals surface area (Å²) in [6, 6.07) is 7.05. The van der Waals surface area contributed by atoms with Crippen LogP contribution in [0.3, 0.4) is 0 Å². The van der Waals surface area contributed by atoms with E-state index >= 15 is 0 Å². The Morgan fingerprint density at radius 2 is 2.11 bits per heavy atom. The number of hydrogen-bond donors (Lipinski definition) is 0. The summed E-state index contributed by atoms with van der Waals surface area (Å²) in [5.74, 6) is 0. The second kappa shape index (κ2) is 5.06. The van der Waals surface area contributed by atoms with E-state index in [1.165, 1.54) is 17.9 Å². The van der Waals surface area contributed by atoms with Crippen molar-refractivity contribution < 1.29 is 9.57 Å². The molecule has 1 heterocycles. The first-order chi connectivity index (χ1) is 8.69. The Morgan fingerprint density at radius 1 is 1.33 bits per heavy atom. The number of pyridine rings is 1. The molecular weight excluding hydrogens is 230 g/mol. The number of rotatable bonds is 4. The van der Waals surface area contributed by atoms with Gasteiger partial charge in [-0.1, -0.05) is 18.7 Å². The van der Waals surface area contributed by atoms with E-state index in [0.717, 1.165) is 16.5 Å². The van der Waals surface area contributed by atoms with Gasteiger partial charge in [-0.15, -0.1) is 4.73 Å². The summed E-state index contributed by atoms with van der Waals surface area (Å²) < 4.78 is 6.07. The molecule has 0 unspecified atom stereocenters. The zero-order valence-electron chi connectivity index (χ0n) is 10.5. The first kappa shape index (κ1) is 12.4. The highest BCUT2D eigenvalue weighted by Gasteiger charge is 2.08. The Morgan fingerprint density at radius 3 is 2.78 bits per heavy atom. The average molecular weight is 245 g/mol. The molecular formula is C14H15NO3. The Kier molecular flexibility index (Phi) is 3.48. The van der Waals surface area contributed by atoms with Crippen LogP contribution >= 0.6 is 0 Å². The molecule has 0 bridgehead atoms. The molecule has 0 N–H and O–H groups in total. The Labute approximate surface area is 105 Å². The minimum Gasteiger partial charge on any atom is -0.382 e. The van der Waals surface area contributed by atoms with Gasteiger partial charge < -0.3 is 9.57 Å². The van der Waals surface area contributed by atoms with Gasteiger partial charge in [0.15, 0.2) is 0 Å². The molecule has 2 aromatic rings. The third-order valence-corrected chi connectivity index (χ3v) is 2.80. The molecule has 0 amide bonds. The molecule has 0 spiro atoms. The van der Waals surface area contributed by atoms with Crippen molar-refractivity contribution in [3.63, 3.8) is 0 Å². The Hall–Kier alpha value is -2.07. The van der Waals surface area contributed by atoms with E-state index in [4.69, 9.17) is 9.57 Å². The van der Waals surface area contributed by atoms with Gasteiger partial charge in [0.1, 0.15) is 0 Å². The molecule has 0 fully saturated rings. The number of nitrogens with zero attached hydrogens (tertiary/aromatic N) is 1. The summed E-state index contributed by atoms with van der Waals surface area (Å²) in [6.45, 7) is 5.83. The zero-order valence-corrected chi connectivity index (χ0v) is 10.5. The lowest BCUT2D eigenvalue weighted by atomic mass is 10.0. The molecule has 4 heteroatoms. The normalized spacial score (nSPS) is 10.6. The largest absolute Gasteiger partial charge is 0.382 e. The fourth-order valence-electron chi connectivity index (χ4n) is 1.94. The summed E-state index contributed by atoms with van der Waals surface area (Å²) in [7, 11) is 1.51. The molecule has 94 valence electrons. The predicted octanol–water partition coefficient (Wildman–Crippen LogP) is 1.99. The number of methoxy groups -OCH3 is 1. The number of fused-ring (bicyclic) bond motifs is 1. The first-order valence-electron chi connectivity index (χ1n) is 5.59. The summed E-state index contributed by atoms with van der Waals surface area (Å²) in [6.07, 6.45) is 1.78. The minimum absolute atomic E-state index is 0.0241. The highest BCUT2D eigenvalue weighted by Crippen LogP contribution is 2.21. The molecule has 18 heavy (non-hydrogen) atoms. The maximum atomic E-state index is 11.8. The molecule has 0 aliphatic carbocycles. The summed E-state index contributed by atoms with van der Waals surface area (Å²) in [4.78, 5) is 17.1.